The molecule has 1 heterocycles. The number of aliphatic carboxylic acids is 2. The molecule has 1 atom stereocenters. The monoisotopic (exact) mass is 560 g/mol. The van der Waals surface area contributed by atoms with Crippen LogP contribution >= 0.6 is 0 Å². The van der Waals surface area contributed by atoms with Crippen LogP contribution in [-0.2, 0) is 22.4 Å². The third kappa shape index (κ3) is 6.98. The molecule has 0 spiro atoms. The Labute approximate surface area is 234 Å². The van der Waals surface area contributed by atoms with Gasteiger partial charge in [0.15, 0.2) is 17.5 Å². The van der Waals surface area contributed by atoms with Gasteiger partial charge in [-0.2, -0.15) is 0 Å². The molecule has 3 aromatic carbocycles. The molecule has 1 aliphatic rings. The third-order valence-electron chi connectivity index (χ3n) is 6.32. The molecule has 0 radical (unpaired) electrons. The van der Waals surface area contributed by atoms with E-state index in [0.29, 0.717) is 29.7 Å². The van der Waals surface area contributed by atoms with Crippen molar-refractivity contribution in [3.8, 4) is 11.5 Å². The van der Waals surface area contributed by atoms with Gasteiger partial charge in [0, 0.05) is 6.42 Å². The summed E-state index contributed by atoms with van der Waals surface area (Å²) < 4.78 is 11.5. The zero-order valence-corrected chi connectivity index (χ0v) is 21.9. The Morgan fingerprint density at radius 2 is 1.76 bits per heavy atom. The molecule has 212 valence electrons. The molecule has 4 rings (SSSR count). The summed E-state index contributed by atoms with van der Waals surface area (Å²) in [6, 6.07) is 16.1. The van der Waals surface area contributed by atoms with Gasteiger partial charge in [-0.3, -0.25) is 9.59 Å². The van der Waals surface area contributed by atoms with Crippen LogP contribution in [0.1, 0.15) is 38.3 Å². The molecule has 1 aliphatic heterocycles. The van der Waals surface area contributed by atoms with E-state index in [1.54, 1.807) is 42.5 Å². The van der Waals surface area contributed by atoms with Crippen molar-refractivity contribution in [3.63, 3.8) is 0 Å². The van der Waals surface area contributed by atoms with E-state index >= 15 is 0 Å². The quantitative estimate of drug-likeness (QED) is 0.137. The van der Waals surface area contributed by atoms with Crippen molar-refractivity contribution in [2.24, 2.45) is 16.5 Å². The van der Waals surface area contributed by atoms with E-state index in [9.17, 15) is 29.4 Å². The minimum absolute atomic E-state index is 0.0767. The number of fused-ring (bicyclic) bond motifs is 2. The Bertz CT molecular complexity index is 1500. The Kier molecular flexibility index (Phi) is 8.82. The molecule has 12 heteroatoms. The number of carbonyl (C=O) groups excluding carboxylic acids is 2. The molecule has 0 saturated heterocycles. The highest BCUT2D eigenvalue weighted by atomic mass is 16.6. The number of hydrogen-bond acceptors (Lipinski definition) is 7. The van der Waals surface area contributed by atoms with Crippen LogP contribution in [0.15, 0.2) is 71.7 Å². The number of esters is 1. The van der Waals surface area contributed by atoms with E-state index in [2.05, 4.69) is 4.99 Å². The number of rotatable bonds is 8. The zero-order valence-electron chi connectivity index (χ0n) is 21.9. The molecule has 1 amide bonds. The molecular weight excluding hydrogens is 532 g/mol. The lowest BCUT2D eigenvalue weighted by atomic mass is 10.0. The predicted molar refractivity (Wildman–Crippen MR) is 147 cm³/mol. The van der Waals surface area contributed by atoms with E-state index in [1.807, 2.05) is 0 Å². The van der Waals surface area contributed by atoms with Crippen LogP contribution in [0, 0.1) is 0 Å². The number of aryl methyl sites for hydroxylation is 1. The highest BCUT2D eigenvalue weighted by molar-refractivity contribution is 6.02. The Morgan fingerprint density at radius 1 is 1.00 bits per heavy atom. The summed E-state index contributed by atoms with van der Waals surface area (Å²) in [4.78, 5) is 55.7. The molecule has 6 N–H and O–H groups in total. The van der Waals surface area contributed by atoms with Gasteiger partial charge in [0.05, 0.1) is 23.4 Å². The van der Waals surface area contributed by atoms with Crippen molar-refractivity contribution < 1.29 is 38.9 Å². The number of benzene rings is 3. The van der Waals surface area contributed by atoms with Gasteiger partial charge in [-0.1, -0.05) is 36.4 Å². The molecule has 0 aliphatic carbocycles. The molecule has 41 heavy (non-hydrogen) atoms. The van der Waals surface area contributed by atoms with Crippen molar-refractivity contribution in [1.82, 2.24) is 4.90 Å². The molecule has 0 aromatic heterocycles. The minimum Gasteiger partial charge on any atom is -0.489 e. The predicted octanol–water partition coefficient (Wildman–Crippen LogP) is 2.36. The summed E-state index contributed by atoms with van der Waals surface area (Å²) in [5.41, 5.74) is 12.8. The first-order valence-electron chi connectivity index (χ1n) is 12.6. The van der Waals surface area contributed by atoms with Gasteiger partial charge in [-0.05, 0) is 54.3 Å². The number of ether oxygens (including phenoxy) is 2. The highest BCUT2D eigenvalue weighted by Gasteiger charge is 2.34. The van der Waals surface area contributed by atoms with Gasteiger partial charge in [-0.15, -0.1) is 0 Å². The van der Waals surface area contributed by atoms with Gasteiger partial charge in [0.2, 0.25) is 0 Å². The molecule has 0 saturated carbocycles. The van der Waals surface area contributed by atoms with Gasteiger partial charge in [-0.25, -0.2) is 14.6 Å². The second-order valence-corrected chi connectivity index (χ2v) is 9.22. The van der Waals surface area contributed by atoms with Crippen molar-refractivity contribution in [1.29, 1.82) is 0 Å². The van der Waals surface area contributed by atoms with Crippen molar-refractivity contribution >= 4 is 35.5 Å². The van der Waals surface area contributed by atoms with Gasteiger partial charge in [0.25, 0.3) is 5.91 Å². The van der Waals surface area contributed by atoms with Crippen molar-refractivity contribution in [2.75, 3.05) is 13.2 Å². The summed E-state index contributed by atoms with van der Waals surface area (Å²) in [5.74, 6) is -4.69. The first-order chi connectivity index (χ1) is 19.6. The lowest BCUT2D eigenvalue weighted by Gasteiger charge is -2.29. The second kappa shape index (κ2) is 12.6. The van der Waals surface area contributed by atoms with Gasteiger partial charge in [0.1, 0.15) is 12.6 Å². The minimum atomic E-state index is -1.50. The van der Waals surface area contributed by atoms with Crippen molar-refractivity contribution in [3.05, 3.63) is 89.0 Å². The molecular formula is C29H28N4O8. The number of guanidine groups is 1. The molecule has 12 nitrogen and oxygen atoms in total. The number of nitrogens with two attached hydrogens (primary N) is 2. The number of nitrogens with zero attached hydrogens (tertiary/aromatic N) is 2. The molecule has 0 fully saturated rings. The fourth-order valence-electron chi connectivity index (χ4n) is 4.50. The van der Waals surface area contributed by atoms with Crippen LogP contribution in [0.25, 0.3) is 0 Å². The van der Waals surface area contributed by atoms with E-state index in [1.165, 1.54) is 24.3 Å². The first-order valence-corrected chi connectivity index (χ1v) is 12.6. The third-order valence-corrected chi connectivity index (χ3v) is 6.32. The van der Waals surface area contributed by atoms with Gasteiger partial charge >= 0.3 is 17.9 Å². The number of amides is 1. The first kappa shape index (κ1) is 28.6. The summed E-state index contributed by atoms with van der Waals surface area (Å²) in [6.07, 6.45) is 0.698. The maximum absolute atomic E-state index is 13.8. The topological polar surface area (TPSA) is 195 Å². The maximum Gasteiger partial charge on any atom is 0.343 e. The average molecular weight is 561 g/mol. The standard InChI is InChI=1S/C29H28N4O8/c30-29(31)32-19-11-12-20-18(15-19)8-5-13-40-25-21(9-4-10-23(25)41-28(20)39)26(36)33(16-24(34)35)22(27(37)38)14-17-6-2-1-3-7-17/h1-4,6-7,9-12,15,22H,5,8,13-14,16H2,(H,34,35)(H,37,38)(H4,30,31,32)/t22-/m0/s1. The fourth-order valence-corrected chi connectivity index (χ4v) is 4.50. The number of carbonyl (C=O) groups is 4. The normalized spacial score (nSPS) is 13.3. The summed E-state index contributed by atoms with van der Waals surface area (Å²) in [6.45, 7) is -0.774. The highest BCUT2D eigenvalue weighted by Crippen LogP contribution is 2.35. The van der Waals surface area contributed by atoms with E-state index in [-0.39, 0.29) is 41.6 Å². The van der Waals surface area contributed by atoms with Crippen LogP contribution in [0.4, 0.5) is 5.69 Å². The number of aliphatic imine (C=N–C) groups is 1. The number of carboxylic acids is 2. The average Bonchev–Trinajstić information content (AvgIpc) is 2.93. The largest absolute Gasteiger partial charge is 0.489 e. The SMILES string of the molecule is NC(N)=Nc1ccc2c(c1)CCCOc1c(cccc1C(=O)N(CC(=O)O)[C@@H](Cc1ccccc1)C(=O)O)OC2=O. The zero-order chi connectivity index (χ0) is 29.5. The van der Waals surface area contributed by atoms with Crippen LogP contribution < -0.4 is 20.9 Å². The summed E-state index contributed by atoms with van der Waals surface area (Å²) in [7, 11) is 0. The maximum atomic E-state index is 13.8. The summed E-state index contributed by atoms with van der Waals surface area (Å²) >= 11 is 0. The van der Waals surface area contributed by atoms with Crippen LogP contribution in [0.2, 0.25) is 0 Å². The number of hydrogen-bond donors (Lipinski definition) is 4. The van der Waals surface area contributed by atoms with E-state index < -0.39 is 36.4 Å². The number of para-hydroxylation sites is 1. The number of carboxylic acid groups (broad SMARTS) is 2. The van der Waals surface area contributed by atoms with Crippen LogP contribution in [0.3, 0.4) is 0 Å². The van der Waals surface area contributed by atoms with Crippen LogP contribution in [-0.4, -0.2) is 64.1 Å². The van der Waals surface area contributed by atoms with Crippen molar-refractivity contribution in [2.45, 2.75) is 25.3 Å². The smallest absolute Gasteiger partial charge is 0.343 e. The summed E-state index contributed by atoms with van der Waals surface area (Å²) in [5, 5.41) is 19.5. The Morgan fingerprint density at radius 3 is 2.44 bits per heavy atom. The lowest BCUT2D eigenvalue weighted by molar-refractivity contribution is -0.144. The molecule has 0 bridgehead atoms. The van der Waals surface area contributed by atoms with E-state index in [0.717, 1.165) is 4.90 Å². The second-order valence-electron chi connectivity index (χ2n) is 9.22. The van der Waals surface area contributed by atoms with E-state index in [4.69, 9.17) is 20.9 Å². The Hall–Kier alpha value is -5.39. The van der Waals surface area contributed by atoms with Gasteiger partial charge < -0.3 is 36.1 Å². The Balaban J connectivity index is 1.71. The molecule has 0 unspecified atom stereocenters. The fraction of sp³-hybridized carbons (Fsp3) is 0.207. The molecule has 3 aromatic rings. The lowest BCUT2D eigenvalue weighted by Crippen LogP contribution is -2.48. The van der Waals surface area contributed by atoms with Crippen LogP contribution in [0.5, 0.6) is 11.5 Å².